The number of carbonyl (C=O) groups is 1. The van der Waals surface area contributed by atoms with Gasteiger partial charge in [-0.15, -0.1) is 0 Å². The molecule has 0 aromatic heterocycles. The van der Waals surface area contributed by atoms with Crippen LogP contribution in [-0.4, -0.2) is 29.8 Å². The second kappa shape index (κ2) is 12.3. The summed E-state index contributed by atoms with van der Waals surface area (Å²) < 4.78 is 16.9. The maximum atomic E-state index is 12.7. The fraction of sp³-hybridized carbons (Fsp3) is 0.125. The van der Waals surface area contributed by atoms with Gasteiger partial charge in [0.05, 0.1) is 29.3 Å². The molecule has 0 radical (unpaired) electrons. The highest BCUT2D eigenvalue weighted by Gasteiger charge is 2.33. The number of esters is 1. The van der Waals surface area contributed by atoms with Crippen LogP contribution in [0.25, 0.3) is 16.8 Å². The predicted molar refractivity (Wildman–Crippen MR) is 162 cm³/mol. The second-order valence-corrected chi connectivity index (χ2v) is 10.2. The largest absolute Gasteiger partial charge is 0.506 e. The summed E-state index contributed by atoms with van der Waals surface area (Å²) in [5, 5.41) is 14.0. The quantitative estimate of drug-likeness (QED) is 0.214. The molecule has 1 heterocycles. The van der Waals surface area contributed by atoms with Gasteiger partial charge in [0, 0.05) is 0 Å². The smallest absolute Gasteiger partial charge is 0.344 e. The monoisotopic (exact) mass is 571 g/mol. The molecule has 1 aliphatic rings. The first-order chi connectivity index (χ1) is 19.5. The fourth-order valence-corrected chi connectivity index (χ4v) is 5.60. The molecule has 5 rings (SSSR count). The van der Waals surface area contributed by atoms with Gasteiger partial charge in [-0.3, -0.25) is 0 Å². The van der Waals surface area contributed by atoms with Crippen molar-refractivity contribution in [2.24, 2.45) is 4.99 Å². The number of fused-ring (bicyclic) bond motifs is 1. The molecule has 40 heavy (non-hydrogen) atoms. The van der Waals surface area contributed by atoms with Crippen LogP contribution in [0.1, 0.15) is 18.1 Å². The molecular weight excluding hydrogens is 546 g/mol. The third-order valence-electron chi connectivity index (χ3n) is 6.16. The molecule has 1 N–H and O–H groups in total. The number of para-hydroxylation sites is 1. The molecule has 6 nitrogen and oxygen atoms in total. The molecule has 4 aromatic carbocycles. The third-order valence-corrected chi connectivity index (χ3v) is 7.46. The topological polar surface area (TPSA) is 77.4 Å². The number of ether oxygens (including phenoxy) is 3. The van der Waals surface area contributed by atoms with Gasteiger partial charge in [-0.05, 0) is 59.2 Å². The Hall–Kier alpha value is -4.20. The lowest BCUT2D eigenvalue weighted by atomic mass is 10.1. The molecule has 0 saturated heterocycles. The number of hydrogen-bond acceptors (Lipinski definition) is 7. The van der Waals surface area contributed by atoms with Gasteiger partial charge in [0.25, 0.3) is 0 Å². The van der Waals surface area contributed by atoms with E-state index < -0.39 is 5.97 Å². The van der Waals surface area contributed by atoms with Crippen molar-refractivity contribution in [2.45, 2.75) is 13.5 Å². The summed E-state index contributed by atoms with van der Waals surface area (Å²) in [6.07, 6.45) is 1.72. The van der Waals surface area contributed by atoms with Crippen LogP contribution in [-0.2, 0) is 16.1 Å². The molecule has 0 saturated carbocycles. The van der Waals surface area contributed by atoms with E-state index in [2.05, 4.69) is 23.2 Å². The van der Waals surface area contributed by atoms with Crippen LogP contribution < -0.4 is 9.47 Å². The summed E-state index contributed by atoms with van der Waals surface area (Å²) >= 11 is 7.84. The van der Waals surface area contributed by atoms with Gasteiger partial charge in [-0.2, -0.15) is 0 Å². The van der Waals surface area contributed by atoms with E-state index in [1.54, 1.807) is 32.2 Å². The van der Waals surface area contributed by atoms with E-state index in [1.165, 1.54) is 11.8 Å². The normalized spacial score (nSPS) is 15.2. The summed E-state index contributed by atoms with van der Waals surface area (Å²) in [5.41, 5.74) is 2.35. The Morgan fingerprint density at radius 2 is 1.77 bits per heavy atom. The lowest BCUT2D eigenvalue weighted by molar-refractivity contribution is -0.138. The number of aliphatic hydroxyl groups is 1. The summed E-state index contributed by atoms with van der Waals surface area (Å²) in [6, 6.07) is 26.9. The SMILES string of the molecule is CCOC(=O)C1=C(O)/C(=C/c2cc(Cl)c(OCc3cccc4ccccc34)c(OC)c2)SC1=Nc1ccccc1. The van der Waals surface area contributed by atoms with Gasteiger partial charge >= 0.3 is 5.97 Å². The van der Waals surface area contributed by atoms with Gasteiger partial charge in [0.15, 0.2) is 11.5 Å². The van der Waals surface area contributed by atoms with E-state index in [1.807, 2.05) is 54.6 Å². The van der Waals surface area contributed by atoms with Crippen molar-refractivity contribution >= 4 is 56.9 Å². The Bertz CT molecular complexity index is 1660. The Labute approximate surface area is 241 Å². The predicted octanol–water partition coefficient (Wildman–Crippen LogP) is 8.27. The zero-order valence-corrected chi connectivity index (χ0v) is 23.5. The minimum Gasteiger partial charge on any atom is -0.506 e. The number of carbonyl (C=O) groups excluding carboxylic acids is 1. The average Bonchev–Trinajstić information content (AvgIpc) is 3.26. The molecule has 0 amide bonds. The Morgan fingerprint density at radius 1 is 1.02 bits per heavy atom. The van der Waals surface area contributed by atoms with Crippen molar-refractivity contribution in [1.29, 1.82) is 0 Å². The van der Waals surface area contributed by atoms with Crippen molar-refractivity contribution in [3.05, 3.63) is 117 Å². The van der Waals surface area contributed by atoms with Crippen molar-refractivity contribution in [3.63, 3.8) is 0 Å². The molecular formula is C32H26ClNO5S. The molecule has 0 atom stereocenters. The van der Waals surface area contributed by atoms with Crippen molar-refractivity contribution in [2.75, 3.05) is 13.7 Å². The molecule has 0 aliphatic carbocycles. The van der Waals surface area contributed by atoms with Crippen LogP contribution >= 0.6 is 23.4 Å². The molecule has 0 spiro atoms. The van der Waals surface area contributed by atoms with E-state index in [4.69, 9.17) is 25.8 Å². The number of aliphatic hydroxyl groups excluding tert-OH is 1. The minimum atomic E-state index is -0.640. The number of methoxy groups -OCH3 is 1. The number of halogens is 1. The van der Waals surface area contributed by atoms with Crippen molar-refractivity contribution in [1.82, 2.24) is 0 Å². The van der Waals surface area contributed by atoms with Crippen LogP contribution in [0, 0.1) is 0 Å². The van der Waals surface area contributed by atoms with E-state index in [0.29, 0.717) is 44.3 Å². The lowest BCUT2D eigenvalue weighted by Crippen LogP contribution is -2.12. The highest BCUT2D eigenvalue weighted by Crippen LogP contribution is 2.42. The average molecular weight is 572 g/mol. The van der Waals surface area contributed by atoms with Gasteiger partial charge in [-0.1, -0.05) is 84.0 Å². The summed E-state index contributed by atoms with van der Waals surface area (Å²) in [7, 11) is 1.54. The van der Waals surface area contributed by atoms with E-state index in [0.717, 1.165) is 16.3 Å². The standard InChI is InChI=1S/C32H26ClNO5S/c1-3-38-32(36)28-29(35)27(40-31(28)34-23-13-5-4-6-14-23)18-20-16-25(33)30(26(17-20)37-2)39-19-22-12-9-11-21-10-7-8-15-24(21)22/h4-18,35H,3,19H2,1-2H3/b27-18-,34-31?. The van der Waals surface area contributed by atoms with E-state index in [9.17, 15) is 9.90 Å². The molecule has 0 fully saturated rings. The first-order valence-corrected chi connectivity index (χ1v) is 13.8. The number of hydrogen-bond donors (Lipinski definition) is 1. The Morgan fingerprint density at radius 3 is 2.55 bits per heavy atom. The highest BCUT2D eigenvalue weighted by atomic mass is 35.5. The number of nitrogens with zero attached hydrogens (tertiary/aromatic N) is 1. The molecule has 202 valence electrons. The maximum absolute atomic E-state index is 12.7. The van der Waals surface area contributed by atoms with Gasteiger partial charge < -0.3 is 19.3 Å². The second-order valence-electron chi connectivity index (χ2n) is 8.77. The first kappa shape index (κ1) is 27.4. The minimum absolute atomic E-state index is 0.0232. The van der Waals surface area contributed by atoms with E-state index >= 15 is 0 Å². The summed E-state index contributed by atoms with van der Waals surface area (Å²) in [5.74, 6) is 0.00866. The van der Waals surface area contributed by atoms with E-state index in [-0.39, 0.29) is 17.9 Å². The van der Waals surface area contributed by atoms with Gasteiger partial charge in [0.2, 0.25) is 0 Å². The van der Waals surface area contributed by atoms with Crippen LogP contribution in [0.15, 0.2) is 106 Å². The number of benzene rings is 4. The number of rotatable bonds is 8. The van der Waals surface area contributed by atoms with Crippen molar-refractivity contribution in [3.8, 4) is 11.5 Å². The highest BCUT2D eigenvalue weighted by molar-refractivity contribution is 8.18. The Kier molecular flexibility index (Phi) is 8.43. The molecule has 8 heteroatoms. The number of thioether (sulfide) groups is 1. The summed E-state index contributed by atoms with van der Waals surface area (Å²) in [6.45, 7) is 2.19. The van der Waals surface area contributed by atoms with Gasteiger partial charge in [0.1, 0.15) is 23.0 Å². The van der Waals surface area contributed by atoms with Crippen molar-refractivity contribution < 1.29 is 24.1 Å². The Balaban J connectivity index is 1.45. The van der Waals surface area contributed by atoms with Crippen LogP contribution in [0.5, 0.6) is 11.5 Å². The maximum Gasteiger partial charge on any atom is 0.344 e. The van der Waals surface area contributed by atoms with Crippen LogP contribution in [0.4, 0.5) is 5.69 Å². The zero-order valence-electron chi connectivity index (χ0n) is 21.9. The fourth-order valence-electron chi connectivity index (χ4n) is 4.29. The van der Waals surface area contributed by atoms with Crippen LogP contribution in [0.3, 0.4) is 0 Å². The molecule has 0 bridgehead atoms. The zero-order chi connectivity index (χ0) is 28.1. The molecule has 1 aliphatic heterocycles. The molecule has 4 aromatic rings. The third kappa shape index (κ3) is 5.86. The summed E-state index contributed by atoms with van der Waals surface area (Å²) in [4.78, 5) is 17.7. The molecule has 0 unspecified atom stereocenters. The first-order valence-electron chi connectivity index (χ1n) is 12.6. The van der Waals surface area contributed by atoms with Gasteiger partial charge in [-0.25, -0.2) is 9.79 Å². The van der Waals surface area contributed by atoms with Crippen LogP contribution in [0.2, 0.25) is 5.02 Å². The lowest BCUT2D eigenvalue weighted by Gasteiger charge is -2.14. The number of aliphatic imine (C=N–C) groups is 1.